The summed E-state index contributed by atoms with van der Waals surface area (Å²) >= 11 is 0. The average Bonchev–Trinajstić information content (AvgIpc) is 2.44. The van der Waals surface area contributed by atoms with Gasteiger partial charge in [-0.1, -0.05) is 31.1 Å². The normalized spacial score (nSPS) is 36.0. The predicted octanol–water partition coefficient (Wildman–Crippen LogP) is 3.84. The number of carboxylic acids is 2. The van der Waals surface area contributed by atoms with Gasteiger partial charge in [0.1, 0.15) is 5.78 Å². The summed E-state index contributed by atoms with van der Waals surface area (Å²) in [5.74, 6) is -2.34. The molecule has 5 heteroatoms. The Morgan fingerprint density at radius 3 is 2.48 bits per heavy atom. The maximum Gasteiger partial charge on any atom is 0.328 e. The van der Waals surface area contributed by atoms with Gasteiger partial charge in [0, 0.05) is 18.4 Å². The lowest BCUT2D eigenvalue weighted by molar-refractivity contribution is -0.169. The molecule has 0 spiro atoms. The Balaban J connectivity index is 2.34. The van der Waals surface area contributed by atoms with Crippen LogP contribution in [-0.4, -0.2) is 27.9 Å². The van der Waals surface area contributed by atoms with Gasteiger partial charge in [0.2, 0.25) is 0 Å². The van der Waals surface area contributed by atoms with Crippen LogP contribution in [0.15, 0.2) is 23.8 Å². The minimum atomic E-state index is -1.03. The van der Waals surface area contributed by atoms with E-state index in [0.717, 1.165) is 24.0 Å². The Kier molecular flexibility index (Phi) is 5.26. The maximum absolute atomic E-state index is 12.8. The summed E-state index contributed by atoms with van der Waals surface area (Å²) in [5, 5.41) is 18.7. The van der Waals surface area contributed by atoms with Crippen LogP contribution in [0.3, 0.4) is 0 Å². The highest BCUT2D eigenvalue weighted by molar-refractivity contribution is 5.92. The monoisotopic (exact) mass is 348 g/mol. The molecule has 4 unspecified atom stereocenters. The number of aliphatic carboxylic acids is 2. The van der Waals surface area contributed by atoms with Gasteiger partial charge in [0.25, 0.3) is 0 Å². The highest BCUT2D eigenvalue weighted by Gasteiger charge is 2.60. The molecule has 2 aliphatic rings. The van der Waals surface area contributed by atoms with Gasteiger partial charge in [0.15, 0.2) is 0 Å². The van der Waals surface area contributed by atoms with Gasteiger partial charge in [-0.2, -0.15) is 0 Å². The van der Waals surface area contributed by atoms with Gasteiger partial charge >= 0.3 is 11.9 Å². The summed E-state index contributed by atoms with van der Waals surface area (Å²) in [6, 6.07) is 0. The van der Waals surface area contributed by atoms with Crippen LogP contribution in [0.2, 0.25) is 0 Å². The average molecular weight is 348 g/mol. The minimum absolute atomic E-state index is 0.00819. The van der Waals surface area contributed by atoms with E-state index in [1.165, 1.54) is 6.08 Å². The highest BCUT2D eigenvalue weighted by atomic mass is 16.4. The molecule has 138 valence electrons. The zero-order chi connectivity index (χ0) is 19.0. The Hall–Kier alpha value is -1.91. The number of ketones is 1. The van der Waals surface area contributed by atoms with E-state index < -0.39 is 28.7 Å². The molecule has 0 aromatic heterocycles. The van der Waals surface area contributed by atoms with Crippen molar-refractivity contribution < 1.29 is 24.6 Å². The van der Waals surface area contributed by atoms with Crippen molar-refractivity contribution >= 4 is 17.7 Å². The van der Waals surface area contributed by atoms with Crippen LogP contribution in [0.4, 0.5) is 0 Å². The minimum Gasteiger partial charge on any atom is -0.481 e. The van der Waals surface area contributed by atoms with Crippen molar-refractivity contribution in [2.75, 3.05) is 0 Å². The van der Waals surface area contributed by atoms with Crippen LogP contribution in [0.25, 0.3) is 0 Å². The fourth-order valence-corrected chi connectivity index (χ4v) is 5.29. The number of fused-ring (bicyclic) bond motifs is 1. The van der Waals surface area contributed by atoms with E-state index in [0.29, 0.717) is 19.3 Å². The first-order valence-corrected chi connectivity index (χ1v) is 8.86. The second kappa shape index (κ2) is 6.77. The highest BCUT2D eigenvalue weighted by Crippen LogP contribution is 2.60. The van der Waals surface area contributed by atoms with E-state index in [2.05, 4.69) is 6.58 Å². The number of Topliss-reactive ketones (excluding diaryl/α,β-unsaturated/α-hetero) is 1. The van der Waals surface area contributed by atoms with Crippen molar-refractivity contribution in [3.05, 3.63) is 23.8 Å². The first-order chi connectivity index (χ1) is 11.5. The van der Waals surface area contributed by atoms with Gasteiger partial charge in [-0.25, -0.2) is 4.79 Å². The van der Waals surface area contributed by atoms with Crippen LogP contribution in [-0.2, 0) is 14.4 Å². The van der Waals surface area contributed by atoms with Crippen molar-refractivity contribution in [3.8, 4) is 0 Å². The molecule has 25 heavy (non-hydrogen) atoms. The van der Waals surface area contributed by atoms with Crippen molar-refractivity contribution in [2.45, 2.75) is 59.3 Å². The third-order valence-corrected chi connectivity index (χ3v) is 6.41. The molecule has 2 rings (SSSR count). The zero-order valence-electron chi connectivity index (χ0n) is 15.3. The number of allylic oxidation sites excluding steroid dienone is 2. The topological polar surface area (TPSA) is 91.7 Å². The Labute approximate surface area is 148 Å². The molecule has 5 nitrogen and oxygen atoms in total. The Morgan fingerprint density at radius 1 is 1.28 bits per heavy atom. The summed E-state index contributed by atoms with van der Waals surface area (Å²) in [7, 11) is 0. The molecule has 0 aromatic carbocycles. The number of rotatable bonds is 5. The molecule has 0 aliphatic heterocycles. The molecule has 0 heterocycles. The van der Waals surface area contributed by atoms with E-state index in [1.807, 2.05) is 6.92 Å². The number of carbonyl (C=O) groups is 3. The van der Waals surface area contributed by atoms with Gasteiger partial charge in [-0.3, -0.25) is 9.59 Å². The van der Waals surface area contributed by atoms with E-state index in [-0.39, 0.29) is 18.1 Å². The second-order valence-corrected chi connectivity index (χ2v) is 8.24. The van der Waals surface area contributed by atoms with E-state index in [1.54, 1.807) is 13.8 Å². The SMILES string of the molecule is C=C1CC(=O)C2C(C)(C(=O)O)CCCC2(C)C1CC/C(C)=C/C(=O)O. The number of hydrogen-bond donors (Lipinski definition) is 2. The Bertz CT molecular complexity index is 646. The predicted molar refractivity (Wildman–Crippen MR) is 94.1 cm³/mol. The summed E-state index contributed by atoms with van der Waals surface area (Å²) in [6.07, 6.45) is 4.84. The molecule has 0 aromatic rings. The standard InChI is InChI=1S/C20H28O5/c1-12(10-16(22)23)6-7-14-13(2)11-15(21)17-19(14,3)8-5-9-20(17,4)18(24)25/h10,14,17H,2,5-9,11H2,1,3-4H3,(H,22,23)(H,24,25)/b12-10+. The third kappa shape index (κ3) is 3.42. The molecule has 0 radical (unpaired) electrons. The molecule has 2 aliphatic carbocycles. The summed E-state index contributed by atoms with van der Waals surface area (Å²) in [6.45, 7) is 9.63. The third-order valence-electron chi connectivity index (χ3n) is 6.41. The quantitative estimate of drug-likeness (QED) is 0.582. The van der Waals surface area contributed by atoms with Gasteiger partial charge in [-0.05, 0) is 50.9 Å². The molecule has 2 N–H and O–H groups in total. The lowest BCUT2D eigenvalue weighted by Crippen LogP contribution is -2.57. The largest absolute Gasteiger partial charge is 0.481 e. The van der Waals surface area contributed by atoms with Gasteiger partial charge in [-0.15, -0.1) is 0 Å². The summed E-state index contributed by atoms with van der Waals surface area (Å²) in [4.78, 5) is 35.5. The van der Waals surface area contributed by atoms with Gasteiger partial charge < -0.3 is 10.2 Å². The fourth-order valence-electron chi connectivity index (χ4n) is 5.29. The van der Waals surface area contributed by atoms with E-state index >= 15 is 0 Å². The number of carbonyl (C=O) groups excluding carboxylic acids is 1. The first kappa shape index (κ1) is 19.4. The van der Waals surface area contributed by atoms with Crippen LogP contribution in [0.1, 0.15) is 59.3 Å². The molecule has 0 bridgehead atoms. The van der Waals surface area contributed by atoms with Gasteiger partial charge in [0.05, 0.1) is 5.41 Å². The van der Waals surface area contributed by atoms with Crippen LogP contribution < -0.4 is 0 Å². The Morgan fingerprint density at radius 2 is 1.92 bits per heavy atom. The van der Waals surface area contributed by atoms with Crippen molar-refractivity contribution in [1.29, 1.82) is 0 Å². The fraction of sp³-hybridized carbons (Fsp3) is 0.650. The summed E-state index contributed by atoms with van der Waals surface area (Å²) in [5.41, 5.74) is 0.173. The lowest BCUT2D eigenvalue weighted by Gasteiger charge is -2.56. The molecule has 0 amide bonds. The molecular weight excluding hydrogens is 320 g/mol. The van der Waals surface area contributed by atoms with Crippen molar-refractivity contribution in [2.24, 2.45) is 22.7 Å². The molecule has 0 saturated heterocycles. The number of carboxylic acid groups (broad SMARTS) is 2. The number of hydrogen-bond acceptors (Lipinski definition) is 3. The summed E-state index contributed by atoms with van der Waals surface area (Å²) < 4.78 is 0. The van der Waals surface area contributed by atoms with E-state index in [4.69, 9.17) is 5.11 Å². The molecule has 2 fully saturated rings. The van der Waals surface area contributed by atoms with Crippen LogP contribution in [0, 0.1) is 22.7 Å². The van der Waals surface area contributed by atoms with E-state index in [9.17, 15) is 19.5 Å². The molecule has 4 atom stereocenters. The van der Waals surface area contributed by atoms with Crippen molar-refractivity contribution in [3.63, 3.8) is 0 Å². The molecule has 2 saturated carbocycles. The smallest absolute Gasteiger partial charge is 0.328 e. The maximum atomic E-state index is 12.8. The van der Waals surface area contributed by atoms with Crippen molar-refractivity contribution in [1.82, 2.24) is 0 Å². The van der Waals surface area contributed by atoms with Crippen LogP contribution in [0.5, 0.6) is 0 Å². The van der Waals surface area contributed by atoms with Crippen LogP contribution >= 0.6 is 0 Å². The lowest BCUT2D eigenvalue weighted by atomic mass is 9.46. The molecular formula is C20H28O5. The zero-order valence-corrected chi connectivity index (χ0v) is 15.3. The first-order valence-electron chi connectivity index (χ1n) is 8.86. The second-order valence-electron chi connectivity index (χ2n) is 8.24.